The van der Waals surface area contributed by atoms with Crippen molar-refractivity contribution >= 4 is 26.7 Å². The van der Waals surface area contributed by atoms with Crippen molar-refractivity contribution in [3.8, 4) is 11.5 Å². The lowest BCUT2D eigenvalue weighted by atomic mass is 10.0. The summed E-state index contributed by atoms with van der Waals surface area (Å²) in [5.41, 5.74) is 0.201. The topological polar surface area (TPSA) is 132 Å². The van der Waals surface area contributed by atoms with Crippen LogP contribution in [0.3, 0.4) is 0 Å². The Bertz CT molecular complexity index is 1090. The van der Waals surface area contributed by atoms with Crippen LogP contribution in [0.1, 0.15) is 11.1 Å². The molecule has 1 fully saturated rings. The Morgan fingerprint density at radius 2 is 2.00 bits per heavy atom. The second-order valence-electron chi connectivity index (χ2n) is 6.67. The minimum atomic E-state index is -3.39. The van der Waals surface area contributed by atoms with Crippen molar-refractivity contribution < 1.29 is 32.2 Å². The zero-order valence-corrected chi connectivity index (χ0v) is 16.5. The Labute approximate surface area is 161 Å². The number of hydrogen-bond acceptors (Lipinski definition) is 8. The first-order valence-electron chi connectivity index (χ1n) is 8.52. The quantitative estimate of drug-likeness (QED) is 0.654. The van der Waals surface area contributed by atoms with E-state index in [0.717, 1.165) is 0 Å². The van der Waals surface area contributed by atoms with E-state index in [4.69, 9.17) is 13.9 Å². The Balaban J connectivity index is 1.91. The molecule has 0 bridgehead atoms. The Morgan fingerprint density at radius 3 is 2.57 bits per heavy atom. The molecular formula is C18H21NO8S. The lowest BCUT2D eigenvalue weighted by molar-refractivity contribution is -0.121. The summed E-state index contributed by atoms with van der Waals surface area (Å²) in [6.07, 6.45) is -1.47. The van der Waals surface area contributed by atoms with Crippen LogP contribution in [-0.4, -0.2) is 57.3 Å². The molecule has 0 aliphatic carbocycles. The van der Waals surface area contributed by atoms with Gasteiger partial charge in [0.25, 0.3) is 0 Å². The van der Waals surface area contributed by atoms with Crippen LogP contribution >= 0.6 is 0 Å². The number of aryl methyl sites for hydroxylation is 1. The monoisotopic (exact) mass is 411 g/mol. The van der Waals surface area contributed by atoms with E-state index in [-0.39, 0.29) is 29.1 Å². The molecule has 1 saturated heterocycles. The normalized spacial score (nSPS) is 20.9. The van der Waals surface area contributed by atoms with Gasteiger partial charge in [-0.05, 0) is 24.6 Å². The highest BCUT2D eigenvalue weighted by molar-refractivity contribution is 7.91. The number of nitrogens with one attached hydrogen (secondary N) is 1. The van der Waals surface area contributed by atoms with E-state index in [2.05, 4.69) is 5.32 Å². The summed E-state index contributed by atoms with van der Waals surface area (Å²) in [5, 5.41) is 12.9. The Kier molecular flexibility index (Phi) is 5.35. The molecule has 0 saturated carbocycles. The van der Waals surface area contributed by atoms with Gasteiger partial charge in [0.1, 0.15) is 0 Å². The number of rotatable bonds is 5. The molecule has 1 aliphatic rings. The number of methoxy groups -OCH3 is 2. The second kappa shape index (κ2) is 7.44. The highest BCUT2D eigenvalue weighted by atomic mass is 32.2. The van der Waals surface area contributed by atoms with Crippen molar-refractivity contribution in [1.82, 2.24) is 5.32 Å². The number of carbonyl (C=O) groups excluding carboxylic acids is 1. The molecule has 2 N–H and O–H groups in total. The van der Waals surface area contributed by atoms with Crippen molar-refractivity contribution in [2.24, 2.45) is 0 Å². The predicted molar refractivity (Wildman–Crippen MR) is 101 cm³/mol. The first-order chi connectivity index (χ1) is 13.2. The average molecular weight is 411 g/mol. The van der Waals surface area contributed by atoms with E-state index < -0.39 is 39.3 Å². The number of aliphatic hydroxyl groups is 1. The molecule has 28 heavy (non-hydrogen) atoms. The van der Waals surface area contributed by atoms with Crippen molar-refractivity contribution in [1.29, 1.82) is 0 Å². The van der Waals surface area contributed by atoms with Gasteiger partial charge in [-0.2, -0.15) is 0 Å². The number of sulfone groups is 1. The Morgan fingerprint density at radius 1 is 1.29 bits per heavy atom. The van der Waals surface area contributed by atoms with Gasteiger partial charge in [-0.1, -0.05) is 0 Å². The third-order valence-corrected chi connectivity index (χ3v) is 6.52. The zero-order chi connectivity index (χ0) is 20.6. The maximum atomic E-state index is 12.5. The fourth-order valence-electron chi connectivity index (χ4n) is 3.36. The van der Waals surface area contributed by atoms with Crippen LogP contribution in [0.5, 0.6) is 11.5 Å². The van der Waals surface area contributed by atoms with E-state index in [1.165, 1.54) is 14.2 Å². The Hall–Kier alpha value is -2.59. The van der Waals surface area contributed by atoms with Crippen LogP contribution in [0.2, 0.25) is 0 Å². The highest BCUT2D eigenvalue weighted by Crippen LogP contribution is 2.36. The standard InChI is InChI=1S/C18H21NO8S/c1-9-10-4-5-14(25-2)17(26-3)16(10)27-18(22)11(9)6-15(21)19-12-7-28(23,24)8-13(12)20/h4-5,12-13,20H,6-8H2,1-3H3,(H,19,21)/t12-,13-/m0/s1. The molecule has 0 radical (unpaired) electrons. The SMILES string of the molecule is COc1ccc2c(C)c(CC(=O)N[C@H]3CS(=O)(=O)C[C@@H]3O)c(=O)oc2c1OC. The summed E-state index contributed by atoms with van der Waals surface area (Å²) >= 11 is 0. The molecule has 152 valence electrons. The van der Waals surface area contributed by atoms with Crippen molar-refractivity contribution in [2.45, 2.75) is 25.5 Å². The van der Waals surface area contributed by atoms with Crippen LogP contribution in [0.4, 0.5) is 0 Å². The predicted octanol–water partition coefficient (Wildman–Crippen LogP) is -0.0648. The van der Waals surface area contributed by atoms with E-state index in [0.29, 0.717) is 16.7 Å². The molecule has 0 spiro atoms. The van der Waals surface area contributed by atoms with Gasteiger partial charge in [0.2, 0.25) is 11.7 Å². The summed E-state index contributed by atoms with van der Waals surface area (Å²) < 4.78 is 39.0. The first-order valence-corrected chi connectivity index (χ1v) is 10.3. The molecule has 1 aliphatic heterocycles. The average Bonchev–Trinajstić information content (AvgIpc) is 2.88. The molecule has 10 heteroatoms. The lowest BCUT2D eigenvalue weighted by Gasteiger charge is -2.16. The maximum Gasteiger partial charge on any atom is 0.340 e. The van der Waals surface area contributed by atoms with Gasteiger partial charge in [0, 0.05) is 5.39 Å². The van der Waals surface area contributed by atoms with Crippen LogP contribution < -0.4 is 20.4 Å². The summed E-state index contributed by atoms with van der Waals surface area (Å²) in [4.78, 5) is 24.8. The fourth-order valence-corrected chi connectivity index (χ4v) is 5.10. The molecule has 1 aromatic carbocycles. The molecule has 2 aromatic rings. The minimum Gasteiger partial charge on any atom is -0.493 e. The van der Waals surface area contributed by atoms with E-state index >= 15 is 0 Å². The maximum absolute atomic E-state index is 12.5. The lowest BCUT2D eigenvalue weighted by Crippen LogP contribution is -2.43. The second-order valence-corrected chi connectivity index (χ2v) is 8.82. The van der Waals surface area contributed by atoms with Crippen LogP contribution in [-0.2, 0) is 21.1 Å². The van der Waals surface area contributed by atoms with Gasteiger partial charge in [-0.25, -0.2) is 13.2 Å². The number of fused-ring (bicyclic) bond motifs is 1. The summed E-state index contributed by atoms with van der Waals surface area (Å²) in [6.45, 7) is 1.68. The number of amides is 1. The van der Waals surface area contributed by atoms with Gasteiger partial charge in [-0.15, -0.1) is 0 Å². The summed E-state index contributed by atoms with van der Waals surface area (Å²) in [7, 11) is -0.505. The molecule has 1 amide bonds. The van der Waals surface area contributed by atoms with E-state index in [1.54, 1.807) is 19.1 Å². The fraction of sp³-hybridized carbons (Fsp3) is 0.444. The van der Waals surface area contributed by atoms with Crippen molar-refractivity contribution in [2.75, 3.05) is 25.7 Å². The minimum absolute atomic E-state index is 0.146. The van der Waals surface area contributed by atoms with Crippen molar-refractivity contribution in [3.63, 3.8) is 0 Å². The van der Waals surface area contributed by atoms with E-state index in [9.17, 15) is 23.1 Å². The van der Waals surface area contributed by atoms with Gasteiger partial charge < -0.3 is 24.3 Å². The van der Waals surface area contributed by atoms with E-state index in [1.807, 2.05) is 0 Å². The number of aliphatic hydroxyl groups excluding tert-OH is 1. The third-order valence-electron chi connectivity index (χ3n) is 4.80. The third kappa shape index (κ3) is 3.69. The van der Waals surface area contributed by atoms with Gasteiger partial charge in [-0.3, -0.25) is 4.79 Å². The molecule has 2 atom stereocenters. The zero-order valence-electron chi connectivity index (χ0n) is 15.6. The van der Waals surface area contributed by atoms with Gasteiger partial charge in [0.15, 0.2) is 21.2 Å². The number of hydrogen-bond donors (Lipinski definition) is 2. The van der Waals surface area contributed by atoms with Crippen LogP contribution in [0.25, 0.3) is 11.0 Å². The number of carbonyl (C=O) groups is 1. The number of ether oxygens (including phenoxy) is 2. The molecule has 3 rings (SSSR count). The molecule has 9 nitrogen and oxygen atoms in total. The van der Waals surface area contributed by atoms with Crippen molar-refractivity contribution in [3.05, 3.63) is 33.7 Å². The van der Waals surface area contributed by atoms with Gasteiger partial charge in [0.05, 0.1) is 49.9 Å². The van der Waals surface area contributed by atoms with Gasteiger partial charge >= 0.3 is 5.63 Å². The number of benzene rings is 1. The largest absolute Gasteiger partial charge is 0.493 e. The van der Waals surface area contributed by atoms with Crippen LogP contribution in [0, 0.1) is 6.92 Å². The molecule has 2 heterocycles. The summed E-state index contributed by atoms with van der Waals surface area (Å²) in [6, 6.07) is 2.47. The summed E-state index contributed by atoms with van der Waals surface area (Å²) in [5.74, 6) is -0.620. The smallest absolute Gasteiger partial charge is 0.340 e. The molecular weight excluding hydrogens is 390 g/mol. The van der Waals surface area contributed by atoms with Crippen LogP contribution in [0.15, 0.2) is 21.3 Å². The molecule has 1 aromatic heterocycles. The highest BCUT2D eigenvalue weighted by Gasteiger charge is 2.37. The molecule has 0 unspecified atom stereocenters. The first kappa shape index (κ1) is 20.2.